The van der Waals surface area contributed by atoms with Gasteiger partial charge in [-0.1, -0.05) is 49.9 Å². The third-order valence-corrected chi connectivity index (χ3v) is 7.85. The summed E-state index contributed by atoms with van der Waals surface area (Å²) in [6.45, 7) is 7.40. The van der Waals surface area contributed by atoms with E-state index in [9.17, 15) is 27.2 Å². The summed E-state index contributed by atoms with van der Waals surface area (Å²) in [5, 5.41) is 7.50. The standard InChI is InChI=1S/C31H28F4N6O3S/c1-18(2)24-15-21(32)9-14-25(24)41-26(42)16-45-29(41)37-28(43)38-30(3,4)20-7-5-19(6-8-20)27-36-17-40(39-27)22-10-12-23(13-11-22)44-31(33,34)35/h5-15,17-18H,16H2,1-4H3,(H,38,43). The average Bonchev–Trinajstić information content (AvgIpc) is 3.59. The highest BCUT2D eigenvalue weighted by Crippen LogP contribution is 2.34. The lowest BCUT2D eigenvalue weighted by atomic mass is 9.93. The second-order valence-electron chi connectivity index (χ2n) is 11.0. The van der Waals surface area contributed by atoms with Gasteiger partial charge in [-0.2, -0.15) is 4.99 Å². The first-order valence-electron chi connectivity index (χ1n) is 13.7. The summed E-state index contributed by atoms with van der Waals surface area (Å²) in [5.41, 5.74) is 2.19. The second-order valence-corrected chi connectivity index (χ2v) is 11.9. The Morgan fingerprint density at radius 2 is 1.73 bits per heavy atom. The number of aromatic nitrogens is 3. The van der Waals surface area contributed by atoms with Crippen LogP contribution in [-0.2, 0) is 10.3 Å². The Balaban J connectivity index is 1.28. The predicted octanol–water partition coefficient (Wildman–Crippen LogP) is 7.18. The van der Waals surface area contributed by atoms with Crippen LogP contribution in [0, 0.1) is 5.82 Å². The topological polar surface area (TPSA) is 102 Å². The minimum absolute atomic E-state index is 0.0664. The predicted molar refractivity (Wildman–Crippen MR) is 163 cm³/mol. The van der Waals surface area contributed by atoms with E-state index in [1.54, 1.807) is 38.1 Å². The lowest BCUT2D eigenvalue weighted by Gasteiger charge is -2.26. The number of carbonyl (C=O) groups is 2. The van der Waals surface area contributed by atoms with Gasteiger partial charge in [0.15, 0.2) is 11.0 Å². The Labute approximate surface area is 260 Å². The zero-order chi connectivity index (χ0) is 32.5. The number of halogens is 4. The van der Waals surface area contributed by atoms with Gasteiger partial charge in [0, 0.05) is 5.56 Å². The summed E-state index contributed by atoms with van der Waals surface area (Å²) < 4.78 is 56.6. The number of ether oxygens (including phenoxy) is 1. The Morgan fingerprint density at radius 3 is 2.38 bits per heavy atom. The summed E-state index contributed by atoms with van der Waals surface area (Å²) in [7, 11) is 0. The molecule has 0 atom stereocenters. The molecule has 234 valence electrons. The quantitative estimate of drug-likeness (QED) is 0.215. The van der Waals surface area contributed by atoms with E-state index >= 15 is 0 Å². The van der Waals surface area contributed by atoms with Crippen molar-refractivity contribution in [3.8, 4) is 22.8 Å². The summed E-state index contributed by atoms with van der Waals surface area (Å²) >= 11 is 1.14. The van der Waals surface area contributed by atoms with Gasteiger partial charge in [-0.05, 0) is 73.4 Å². The van der Waals surface area contributed by atoms with Gasteiger partial charge in [0.25, 0.3) is 0 Å². The number of anilines is 1. The molecule has 1 N–H and O–H groups in total. The molecule has 5 rings (SSSR count). The van der Waals surface area contributed by atoms with Crippen molar-refractivity contribution in [2.45, 2.75) is 45.5 Å². The smallest absolute Gasteiger partial charge is 0.406 e. The number of hydrogen-bond donors (Lipinski definition) is 1. The maximum Gasteiger partial charge on any atom is 0.573 e. The van der Waals surface area contributed by atoms with Crippen LogP contribution in [0.4, 0.5) is 28.0 Å². The zero-order valence-corrected chi connectivity index (χ0v) is 25.4. The van der Waals surface area contributed by atoms with Crippen LogP contribution in [0.15, 0.2) is 78.0 Å². The minimum atomic E-state index is -4.78. The maximum atomic E-state index is 13.9. The van der Waals surface area contributed by atoms with Gasteiger partial charge in [0.2, 0.25) is 5.91 Å². The molecule has 3 aromatic carbocycles. The van der Waals surface area contributed by atoms with Crippen LogP contribution in [0.5, 0.6) is 5.75 Å². The molecule has 0 unspecified atom stereocenters. The molecule has 14 heteroatoms. The number of nitrogens with zero attached hydrogens (tertiary/aromatic N) is 5. The Bertz CT molecular complexity index is 1750. The molecule has 1 aromatic heterocycles. The van der Waals surface area contributed by atoms with Crippen molar-refractivity contribution in [1.29, 1.82) is 0 Å². The van der Waals surface area contributed by atoms with Crippen LogP contribution in [0.3, 0.4) is 0 Å². The molecular weight excluding hydrogens is 612 g/mol. The molecule has 1 saturated heterocycles. The van der Waals surface area contributed by atoms with Crippen LogP contribution in [0.25, 0.3) is 17.1 Å². The van der Waals surface area contributed by atoms with Crippen molar-refractivity contribution < 1.29 is 31.9 Å². The number of carbonyl (C=O) groups excluding carboxylic acids is 2. The molecular formula is C31H28F4N6O3S. The van der Waals surface area contributed by atoms with Gasteiger partial charge in [-0.15, -0.1) is 18.3 Å². The van der Waals surface area contributed by atoms with E-state index in [1.807, 2.05) is 13.8 Å². The van der Waals surface area contributed by atoms with Crippen LogP contribution in [-0.4, -0.2) is 44.0 Å². The van der Waals surface area contributed by atoms with Crippen LogP contribution in [0.1, 0.15) is 44.7 Å². The fourth-order valence-electron chi connectivity index (χ4n) is 4.68. The Hall–Kier alpha value is -4.72. The number of amides is 3. The zero-order valence-electron chi connectivity index (χ0n) is 24.6. The number of urea groups is 1. The van der Waals surface area contributed by atoms with Gasteiger partial charge in [0.1, 0.15) is 17.9 Å². The lowest BCUT2D eigenvalue weighted by Crippen LogP contribution is -2.40. The summed E-state index contributed by atoms with van der Waals surface area (Å²) in [4.78, 5) is 35.7. The first-order chi connectivity index (χ1) is 21.2. The van der Waals surface area contributed by atoms with Gasteiger partial charge < -0.3 is 10.1 Å². The van der Waals surface area contributed by atoms with Crippen LogP contribution >= 0.6 is 11.8 Å². The van der Waals surface area contributed by atoms with Crippen molar-refractivity contribution >= 4 is 34.6 Å². The molecule has 0 saturated carbocycles. The molecule has 0 bridgehead atoms. The van der Waals surface area contributed by atoms with Crippen molar-refractivity contribution in [2.24, 2.45) is 4.99 Å². The van der Waals surface area contributed by atoms with E-state index in [2.05, 4.69) is 25.1 Å². The number of aliphatic imine (C=N–C) groups is 1. The molecule has 1 fully saturated rings. The molecule has 9 nitrogen and oxygen atoms in total. The van der Waals surface area contributed by atoms with E-state index in [-0.39, 0.29) is 28.5 Å². The molecule has 45 heavy (non-hydrogen) atoms. The van der Waals surface area contributed by atoms with E-state index in [0.29, 0.717) is 28.3 Å². The normalized spacial score (nSPS) is 14.8. The minimum Gasteiger partial charge on any atom is -0.406 e. The fourth-order valence-corrected chi connectivity index (χ4v) is 5.54. The number of hydrogen-bond acceptors (Lipinski definition) is 6. The van der Waals surface area contributed by atoms with Crippen LogP contribution in [0.2, 0.25) is 0 Å². The number of thioether (sulfide) groups is 1. The first-order valence-corrected chi connectivity index (χ1v) is 14.7. The third kappa shape index (κ3) is 7.33. The Morgan fingerprint density at radius 1 is 1.04 bits per heavy atom. The summed E-state index contributed by atoms with van der Waals surface area (Å²) in [6.07, 6.45) is -3.34. The number of nitrogens with one attached hydrogen (secondary N) is 1. The third-order valence-electron chi connectivity index (χ3n) is 6.93. The molecule has 1 aliphatic rings. The number of amidine groups is 1. The molecule has 3 amide bonds. The van der Waals surface area contributed by atoms with Crippen molar-refractivity contribution in [3.63, 3.8) is 0 Å². The largest absolute Gasteiger partial charge is 0.573 e. The molecule has 2 heterocycles. The molecule has 0 aliphatic carbocycles. The first kappa shape index (κ1) is 31.7. The average molecular weight is 641 g/mol. The Kier molecular flexibility index (Phi) is 8.70. The summed E-state index contributed by atoms with van der Waals surface area (Å²) in [5.74, 6) is -0.586. The van der Waals surface area contributed by atoms with E-state index in [1.165, 1.54) is 58.4 Å². The molecule has 0 spiro atoms. The van der Waals surface area contributed by atoms with Gasteiger partial charge in [-0.25, -0.2) is 18.9 Å². The van der Waals surface area contributed by atoms with E-state index < -0.39 is 23.7 Å². The SMILES string of the molecule is CC(C)c1cc(F)ccc1N1C(=O)CSC1=NC(=O)NC(C)(C)c1ccc(-c2ncn(-c3ccc(OC(F)(F)F)cc3)n2)cc1. The van der Waals surface area contributed by atoms with Gasteiger partial charge in [0.05, 0.1) is 22.7 Å². The lowest BCUT2D eigenvalue weighted by molar-refractivity contribution is -0.274. The number of alkyl halides is 3. The van der Waals surface area contributed by atoms with E-state index in [4.69, 9.17) is 0 Å². The molecule has 1 aliphatic heterocycles. The van der Waals surface area contributed by atoms with Crippen molar-refractivity contribution in [3.05, 3.63) is 90.0 Å². The number of benzene rings is 3. The summed E-state index contributed by atoms with van der Waals surface area (Å²) in [6, 6.07) is 15.9. The highest BCUT2D eigenvalue weighted by atomic mass is 32.2. The second kappa shape index (κ2) is 12.3. The van der Waals surface area contributed by atoms with Crippen molar-refractivity contribution in [1.82, 2.24) is 20.1 Å². The molecule has 0 radical (unpaired) electrons. The number of rotatable bonds is 7. The van der Waals surface area contributed by atoms with Crippen LogP contribution < -0.4 is 15.0 Å². The van der Waals surface area contributed by atoms with Gasteiger partial charge >= 0.3 is 12.4 Å². The molecule has 4 aromatic rings. The highest BCUT2D eigenvalue weighted by molar-refractivity contribution is 8.15. The van der Waals surface area contributed by atoms with Crippen molar-refractivity contribution in [2.75, 3.05) is 10.7 Å². The monoisotopic (exact) mass is 640 g/mol. The van der Waals surface area contributed by atoms with E-state index in [0.717, 1.165) is 17.3 Å². The highest BCUT2D eigenvalue weighted by Gasteiger charge is 2.34. The maximum absolute atomic E-state index is 13.9. The van der Waals surface area contributed by atoms with Gasteiger partial charge in [-0.3, -0.25) is 9.69 Å². The fraction of sp³-hybridized carbons (Fsp3) is 0.258.